The number of ketones is 1. The maximum absolute atomic E-state index is 10.7. The van der Waals surface area contributed by atoms with Gasteiger partial charge in [0.05, 0.1) is 0 Å². The fourth-order valence-corrected chi connectivity index (χ4v) is 1.02. The van der Waals surface area contributed by atoms with Crippen LogP contribution in [0.1, 0.15) is 13.8 Å². The number of rotatable bonds is 1. The standard InChI is InChI=1S/C7H10O4/c1-3(2)6-4(8)5(9)7(10)11-6/h3-4,6,8H,1-2H3. The lowest BCUT2D eigenvalue weighted by atomic mass is 10.0. The summed E-state index contributed by atoms with van der Waals surface area (Å²) in [5, 5.41) is 9.10. The lowest BCUT2D eigenvalue weighted by Crippen LogP contribution is -2.30. The second-order valence-corrected chi connectivity index (χ2v) is 2.92. The average Bonchev–Trinajstić information content (AvgIpc) is 2.17. The maximum atomic E-state index is 10.7. The summed E-state index contributed by atoms with van der Waals surface area (Å²) in [4.78, 5) is 21.3. The van der Waals surface area contributed by atoms with Gasteiger partial charge in [-0.2, -0.15) is 0 Å². The molecule has 2 unspecified atom stereocenters. The summed E-state index contributed by atoms with van der Waals surface area (Å²) in [6, 6.07) is 0. The Morgan fingerprint density at radius 1 is 1.45 bits per heavy atom. The van der Waals surface area contributed by atoms with E-state index in [9.17, 15) is 9.59 Å². The molecular weight excluding hydrogens is 148 g/mol. The van der Waals surface area contributed by atoms with Crippen molar-refractivity contribution in [2.45, 2.75) is 26.1 Å². The van der Waals surface area contributed by atoms with Gasteiger partial charge in [-0.15, -0.1) is 0 Å². The number of cyclic esters (lactones) is 1. The van der Waals surface area contributed by atoms with Gasteiger partial charge in [-0.25, -0.2) is 4.79 Å². The van der Waals surface area contributed by atoms with E-state index in [1.165, 1.54) is 0 Å². The lowest BCUT2D eigenvalue weighted by Gasteiger charge is -2.14. The molecule has 1 rings (SSSR count). The van der Waals surface area contributed by atoms with Crippen LogP contribution in [0.15, 0.2) is 0 Å². The van der Waals surface area contributed by atoms with Gasteiger partial charge in [0.25, 0.3) is 5.78 Å². The summed E-state index contributed by atoms with van der Waals surface area (Å²) in [7, 11) is 0. The number of carbonyl (C=O) groups is 2. The molecule has 1 heterocycles. The van der Waals surface area contributed by atoms with Gasteiger partial charge in [-0.05, 0) is 5.92 Å². The highest BCUT2D eigenvalue weighted by Crippen LogP contribution is 2.18. The third-order valence-corrected chi connectivity index (χ3v) is 1.68. The third kappa shape index (κ3) is 1.26. The van der Waals surface area contributed by atoms with Crippen LogP contribution < -0.4 is 0 Å². The van der Waals surface area contributed by atoms with Gasteiger partial charge in [0, 0.05) is 0 Å². The highest BCUT2D eigenvalue weighted by atomic mass is 16.6. The number of esters is 1. The molecule has 4 nitrogen and oxygen atoms in total. The number of aliphatic hydroxyl groups is 1. The molecule has 0 bridgehead atoms. The van der Waals surface area contributed by atoms with Crippen molar-refractivity contribution < 1.29 is 19.4 Å². The first-order chi connectivity index (χ1) is 5.04. The minimum atomic E-state index is -1.26. The van der Waals surface area contributed by atoms with Crippen LogP contribution in [0, 0.1) is 5.92 Å². The molecule has 1 fully saturated rings. The molecule has 62 valence electrons. The minimum Gasteiger partial charge on any atom is -0.453 e. The van der Waals surface area contributed by atoms with Gasteiger partial charge < -0.3 is 9.84 Å². The van der Waals surface area contributed by atoms with E-state index >= 15 is 0 Å². The highest BCUT2D eigenvalue weighted by molar-refractivity contribution is 6.37. The molecule has 0 aliphatic carbocycles. The predicted molar refractivity (Wildman–Crippen MR) is 35.7 cm³/mol. The van der Waals surface area contributed by atoms with Crippen molar-refractivity contribution >= 4 is 11.8 Å². The van der Waals surface area contributed by atoms with Crippen LogP contribution in [0.5, 0.6) is 0 Å². The molecular formula is C7H10O4. The number of aliphatic hydroxyl groups excluding tert-OH is 1. The van der Waals surface area contributed by atoms with Crippen molar-refractivity contribution in [1.82, 2.24) is 0 Å². The molecule has 0 aromatic carbocycles. The van der Waals surface area contributed by atoms with Gasteiger partial charge in [0.2, 0.25) is 0 Å². The lowest BCUT2D eigenvalue weighted by molar-refractivity contribution is -0.149. The number of hydrogen-bond acceptors (Lipinski definition) is 4. The van der Waals surface area contributed by atoms with E-state index in [2.05, 4.69) is 4.74 Å². The minimum absolute atomic E-state index is 0.0274. The van der Waals surface area contributed by atoms with Crippen LogP contribution in [-0.2, 0) is 14.3 Å². The van der Waals surface area contributed by atoms with Gasteiger partial charge in [0.1, 0.15) is 6.10 Å². The Labute approximate surface area is 64.2 Å². The van der Waals surface area contributed by atoms with Gasteiger partial charge >= 0.3 is 5.97 Å². The zero-order valence-corrected chi connectivity index (χ0v) is 6.40. The molecule has 0 aromatic heterocycles. The van der Waals surface area contributed by atoms with Crippen LogP contribution in [0.4, 0.5) is 0 Å². The Balaban J connectivity index is 2.75. The van der Waals surface area contributed by atoms with Crippen molar-refractivity contribution in [3.8, 4) is 0 Å². The van der Waals surface area contributed by atoms with Crippen molar-refractivity contribution in [2.75, 3.05) is 0 Å². The van der Waals surface area contributed by atoms with Gasteiger partial charge in [0.15, 0.2) is 6.10 Å². The molecule has 0 saturated carbocycles. The number of Topliss-reactive ketones (excluding diaryl/α,β-unsaturated/α-hetero) is 1. The van der Waals surface area contributed by atoms with Crippen LogP contribution in [0.25, 0.3) is 0 Å². The summed E-state index contributed by atoms with van der Waals surface area (Å²) < 4.78 is 4.61. The number of carbonyl (C=O) groups excluding carboxylic acids is 2. The SMILES string of the molecule is CC(C)C1OC(=O)C(=O)C1O. The van der Waals surface area contributed by atoms with E-state index in [4.69, 9.17) is 5.11 Å². The normalized spacial score (nSPS) is 31.3. The van der Waals surface area contributed by atoms with Crippen LogP contribution in [-0.4, -0.2) is 29.1 Å². The molecule has 0 radical (unpaired) electrons. The van der Waals surface area contributed by atoms with Crippen molar-refractivity contribution in [3.63, 3.8) is 0 Å². The fraction of sp³-hybridized carbons (Fsp3) is 0.714. The molecule has 0 aromatic rings. The van der Waals surface area contributed by atoms with E-state index in [1.807, 2.05) is 0 Å². The monoisotopic (exact) mass is 158 g/mol. The fourth-order valence-electron chi connectivity index (χ4n) is 1.02. The third-order valence-electron chi connectivity index (χ3n) is 1.68. The number of hydrogen-bond donors (Lipinski definition) is 1. The Bertz CT molecular complexity index is 197. The zero-order chi connectivity index (χ0) is 8.59. The van der Waals surface area contributed by atoms with Crippen molar-refractivity contribution in [2.24, 2.45) is 5.92 Å². The van der Waals surface area contributed by atoms with E-state index < -0.39 is 24.0 Å². The summed E-state index contributed by atoms with van der Waals surface area (Å²) in [6.45, 7) is 3.56. The van der Waals surface area contributed by atoms with E-state index in [0.29, 0.717) is 0 Å². The molecule has 11 heavy (non-hydrogen) atoms. The van der Waals surface area contributed by atoms with E-state index in [0.717, 1.165) is 0 Å². The zero-order valence-electron chi connectivity index (χ0n) is 6.40. The van der Waals surface area contributed by atoms with Crippen LogP contribution in [0.2, 0.25) is 0 Å². The van der Waals surface area contributed by atoms with Gasteiger partial charge in [-0.3, -0.25) is 4.79 Å². The summed E-state index contributed by atoms with van der Waals surface area (Å²) >= 11 is 0. The topological polar surface area (TPSA) is 63.6 Å². The predicted octanol–water partition coefficient (Wildman–Crippen LogP) is -0.502. The first-order valence-electron chi connectivity index (χ1n) is 3.47. The molecule has 0 amide bonds. The van der Waals surface area contributed by atoms with Crippen molar-refractivity contribution in [1.29, 1.82) is 0 Å². The first kappa shape index (κ1) is 8.20. The van der Waals surface area contributed by atoms with Crippen LogP contribution >= 0.6 is 0 Å². The van der Waals surface area contributed by atoms with E-state index in [-0.39, 0.29) is 5.92 Å². The molecule has 4 heteroatoms. The second-order valence-electron chi connectivity index (χ2n) is 2.92. The molecule has 1 aliphatic heterocycles. The van der Waals surface area contributed by atoms with E-state index in [1.54, 1.807) is 13.8 Å². The Morgan fingerprint density at radius 3 is 2.18 bits per heavy atom. The Morgan fingerprint density at radius 2 is 2.00 bits per heavy atom. The van der Waals surface area contributed by atoms with Crippen molar-refractivity contribution in [3.05, 3.63) is 0 Å². The molecule has 2 atom stereocenters. The summed E-state index contributed by atoms with van der Waals surface area (Å²) in [6.07, 6.45) is -1.92. The molecule has 1 saturated heterocycles. The smallest absolute Gasteiger partial charge is 0.377 e. The summed E-state index contributed by atoms with van der Waals surface area (Å²) in [5.41, 5.74) is 0. The van der Waals surface area contributed by atoms with Crippen LogP contribution in [0.3, 0.4) is 0 Å². The first-order valence-corrected chi connectivity index (χ1v) is 3.47. The van der Waals surface area contributed by atoms with Gasteiger partial charge in [-0.1, -0.05) is 13.8 Å². The second kappa shape index (κ2) is 2.62. The number of ether oxygens (including phenoxy) is 1. The Hall–Kier alpha value is -0.900. The average molecular weight is 158 g/mol. The molecule has 1 N–H and O–H groups in total. The molecule has 1 aliphatic rings. The maximum Gasteiger partial charge on any atom is 0.377 e. The highest BCUT2D eigenvalue weighted by Gasteiger charge is 2.43. The Kier molecular flexibility index (Phi) is 1.95. The largest absolute Gasteiger partial charge is 0.453 e. The quantitative estimate of drug-likeness (QED) is 0.412. The molecule has 0 spiro atoms. The summed E-state index contributed by atoms with van der Waals surface area (Å²) in [5.74, 6) is -1.78.